The maximum atomic E-state index is 7.94. The molecule has 3 aromatic rings. The Hall–Kier alpha value is -1.82. The fourth-order valence-corrected chi connectivity index (χ4v) is 1.41. The average molecular weight is 186 g/mol. The van der Waals surface area contributed by atoms with Crippen molar-refractivity contribution < 1.29 is 11.0 Å². The lowest BCUT2D eigenvalue weighted by Gasteiger charge is -2.00. The second-order valence-electron chi connectivity index (χ2n) is 2.94. The monoisotopic (exact) mass is 186 g/mol. The van der Waals surface area contributed by atoms with Crippen LogP contribution in [0.3, 0.4) is 0 Å². The van der Waals surface area contributed by atoms with Crippen molar-refractivity contribution in [3.05, 3.63) is 60.5 Å². The summed E-state index contributed by atoms with van der Waals surface area (Å²) in [7, 11) is 0. The zero-order chi connectivity index (χ0) is 16.3. The van der Waals surface area contributed by atoms with Crippen molar-refractivity contribution in [3.63, 3.8) is 0 Å². The fraction of sp³-hybridized carbons (Fsp3) is 0. The molecule has 0 aliphatic heterocycles. The smallest absolute Gasteiger partial charge is 0.0616 e. The lowest BCUT2D eigenvalue weighted by molar-refractivity contribution is 1.76. The van der Waals surface area contributed by atoms with E-state index < -0.39 is 0 Å². The van der Waals surface area contributed by atoms with Crippen molar-refractivity contribution in [2.24, 2.45) is 0 Å². The predicted molar refractivity (Wildman–Crippen MR) is 61.5 cm³/mol. The molecule has 3 aromatic carbocycles. The van der Waals surface area contributed by atoms with Crippen LogP contribution in [0.4, 0.5) is 0 Å². The molecule has 0 aliphatic rings. The predicted octanol–water partition coefficient (Wildman–Crippen LogP) is 3.99. The Morgan fingerprint density at radius 3 is 1.14 bits per heavy atom. The quantitative estimate of drug-likeness (QED) is 0.466. The minimum Gasteiger partial charge on any atom is -0.0616 e. The fourth-order valence-electron chi connectivity index (χ4n) is 1.41. The van der Waals surface area contributed by atoms with Crippen LogP contribution < -0.4 is 0 Å². The molecule has 0 saturated carbocycles. The first-order valence-corrected chi connectivity index (χ1v) is 4.15. The molecule has 0 N–H and O–H groups in total. The molecule has 0 unspecified atom stereocenters. The number of hydrogen-bond acceptors (Lipinski definition) is 0. The Bertz CT molecular complexity index is 808. The van der Waals surface area contributed by atoms with Gasteiger partial charge in [-0.3, -0.25) is 0 Å². The maximum Gasteiger partial charge on any atom is 0.0629 e. The van der Waals surface area contributed by atoms with E-state index in [9.17, 15) is 0 Å². The molecule has 0 heteroatoms. The maximum absolute atomic E-state index is 7.94. The van der Waals surface area contributed by atoms with Gasteiger partial charge in [-0.25, -0.2) is 0 Å². The van der Waals surface area contributed by atoms with Gasteiger partial charge in [0.1, 0.15) is 0 Å². The van der Waals surface area contributed by atoms with Gasteiger partial charge in [0.25, 0.3) is 0 Å². The Balaban J connectivity index is 2.64. The van der Waals surface area contributed by atoms with E-state index in [-0.39, 0.29) is 69.9 Å². The van der Waals surface area contributed by atoms with Crippen molar-refractivity contribution in [2.45, 2.75) is 0 Å². The number of rotatable bonds is 0. The van der Waals surface area contributed by atoms with E-state index in [4.69, 9.17) is 11.0 Å². The van der Waals surface area contributed by atoms with Gasteiger partial charge in [-0.1, -0.05) is 48.3 Å². The lowest BCUT2D eigenvalue weighted by atomic mass is 10.0. The lowest BCUT2D eigenvalue weighted by Crippen LogP contribution is -1.74. The molecule has 66 valence electrons. The van der Waals surface area contributed by atoms with Gasteiger partial charge in [0.15, 0.2) is 0 Å². The highest BCUT2D eigenvalue weighted by molar-refractivity contribution is 5.97. The molecule has 0 aliphatic carbocycles. The molecule has 0 fully saturated rings. The van der Waals surface area contributed by atoms with Crippen LogP contribution in [0.5, 0.6) is 0 Å². The van der Waals surface area contributed by atoms with Crippen molar-refractivity contribution >= 4 is 21.5 Å². The molecule has 14 heavy (non-hydrogen) atoms. The van der Waals surface area contributed by atoms with Gasteiger partial charge in [-0.15, -0.1) is 0 Å². The molecule has 0 aromatic heterocycles. The van der Waals surface area contributed by atoms with Crippen LogP contribution in [0.25, 0.3) is 21.5 Å². The standard InChI is InChI=1S/C14H10/c1-2-6-12-10-14-8-4-3-7-13(14)9-11(12)5-1/h1-10H/i1D,2D,3D,4D,5D,6D,7D,8D. The number of fused-ring (bicyclic) bond motifs is 2. The van der Waals surface area contributed by atoms with E-state index in [1.165, 1.54) is 12.1 Å². The van der Waals surface area contributed by atoms with E-state index in [0.717, 1.165) is 0 Å². The van der Waals surface area contributed by atoms with E-state index in [2.05, 4.69) is 0 Å². The van der Waals surface area contributed by atoms with Crippen LogP contribution >= 0.6 is 0 Å². The summed E-state index contributed by atoms with van der Waals surface area (Å²) in [5, 5.41) is 0.958. The zero-order valence-electron chi connectivity index (χ0n) is 15.2. The molecule has 0 amide bonds. The first kappa shape index (κ1) is 3.09. The Kier molecular flexibility index (Phi) is 0.629. The van der Waals surface area contributed by atoms with Crippen LogP contribution in [-0.2, 0) is 0 Å². The van der Waals surface area contributed by atoms with Crippen LogP contribution in [0.15, 0.2) is 60.5 Å². The van der Waals surface area contributed by atoms with Crippen molar-refractivity contribution in [1.82, 2.24) is 0 Å². The van der Waals surface area contributed by atoms with Crippen molar-refractivity contribution in [3.8, 4) is 0 Å². The molecule has 3 rings (SSSR count). The van der Waals surface area contributed by atoms with Gasteiger partial charge in [0.2, 0.25) is 0 Å². The third-order valence-electron chi connectivity index (χ3n) is 2.07. The molecular weight excluding hydrogens is 168 g/mol. The summed E-state index contributed by atoms with van der Waals surface area (Å²) < 4.78 is 62.6. The zero-order valence-corrected chi connectivity index (χ0v) is 7.15. The summed E-state index contributed by atoms with van der Waals surface area (Å²) in [4.78, 5) is 0. The van der Waals surface area contributed by atoms with Crippen LogP contribution in [0, 0.1) is 0 Å². The van der Waals surface area contributed by atoms with Gasteiger partial charge in [-0.05, 0) is 33.7 Å². The summed E-state index contributed by atoms with van der Waals surface area (Å²) in [6.45, 7) is 0. The highest BCUT2D eigenvalue weighted by Crippen LogP contribution is 2.21. The average Bonchev–Trinajstić information content (AvgIpc) is 2.52. The van der Waals surface area contributed by atoms with Crippen molar-refractivity contribution in [1.29, 1.82) is 0 Å². The molecule has 0 heterocycles. The highest BCUT2D eigenvalue weighted by Gasteiger charge is 1.95. The van der Waals surface area contributed by atoms with Gasteiger partial charge in [0.05, 0.1) is 11.0 Å². The largest absolute Gasteiger partial charge is 0.0629 e. The molecule has 0 spiro atoms. The van der Waals surface area contributed by atoms with Gasteiger partial charge < -0.3 is 0 Å². The highest BCUT2D eigenvalue weighted by atomic mass is 14.0. The van der Waals surface area contributed by atoms with Crippen molar-refractivity contribution in [2.75, 3.05) is 0 Å². The van der Waals surface area contributed by atoms with E-state index in [1.54, 1.807) is 0 Å². The van der Waals surface area contributed by atoms with Gasteiger partial charge >= 0.3 is 0 Å². The summed E-state index contributed by atoms with van der Waals surface area (Å²) in [6, 6.07) is 0.484. The summed E-state index contributed by atoms with van der Waals surface area (Å²) in [5.41, 5.74) is 0. The summed E-state index contributed by atoms with van der Waals surface area (Å²) in [6.07, 6.45) is 0. The Morgan fingerprint density at radius 1 is 0.571 bits per heavy atom. The first-order valence-electron chi connectivity index (χ1n) is 8.15. The normalized spacial score (nSPS) is 18.9. The minimum atomic E-state index is -0.363. The first-order chi connectivity index (χ1) is 10.3. The third-order valence-corrected chi connectivity index (χ3v) is 2.07. The topological polar surface area (TPSA) is 0 Å². The van der Waals surface area contributed by atoms with E-state index in [0.29, 0.717) is 0 Å². The molecule has 0 saturated heterocycles. The van der Waals surface area contributed by atoms with Gasteiger partial charge in [-0.2, -0.15) is 0 Å². The van der Waals surface area contributed by atoms with E-state index in [1.807, 2.05) is 0 Å². The Morgan fingerprint density at radius 2 is 0.857 bits per heavy atom. The van der Waals surface area contributed by atoms with E-state index >= 15 is 0 Å². The van der Waals surface area contributed by atoms with Gasteiger partial charge in [0, 0.05) is 0 Å². The minimum absolute atomic E-state index is 0.217. The second kappa shape index (κ2) is 2.85. The summed E-state index contributed by atoms with van der Waals surface area (Å²) in [5.74, 6) is 0. The van der Waals surface area contributed by atoms with Crippen LogP contribution in [0.2, 0.25) is 0 Å². The molecule has 0 radical (unpaired) electrons. The van der Waals surface area contributed by atoms with Crippen LogP contribution in [-0.4, -0.2) is 0 Å². The molecular formula is C14H10. The molecule has 0 atom stereocenters. The number of hydrogen-bond donors (Lipinski definition) is 0. The molecule has 0 bridgehead atoms. The summed E-state index contributed by atoms with van der Waals surface area (Å²) >= 11 is 0. The Labute approximate surface area is 94.0 Å². The second-order valence-corrected chi connectivity index (χ2v) is 2.94. The SMILES string of the molecule is [2H]c1c([2H])c([2H])c2cc3c([2H])c([2H])c([2H])c([2H])c3cc2c1[2H]. The molecule has 0 nitrogen and oxygen atoms in total. The third kappa shape index (κ3) is 1.08. The van der Waals surface area contributed by atoms with Crippen LogP contribution in [0.1, 0.15) is 11.0 Å². The number of benzene rings is 3.